The molecule has 0 fully saturated rings. The molecule has 0 aliphatic heterocycles. The highest BCUT2D eigenvalue weighted by molar-refractivity contribution is 7.98. The van der Waals surface area contributed by atoms with Crippen LogP contribution in [0, 0.1) is 0 Å². The van der Waals surface area contributed by atoms with Crippen LogP contribution in [0.25, 0.3) is 0 Å². The lowest BCUT2D eigenvalue weighted by molar-refractivity contribution is -0.122. The van der Waals surface area contributed by atoms with Crippen LogP contribution >= 0.6 is 11.8 Å². The molecule has 0 aliphatic carbocycles. The summed E-state index contributed by atoms with van der Waals surface area (Å²) in [5.74, 6) is 0.531. The Hall–Kier alpha value is -1.94. The van der Waals surface area contributed by atoms with Gasteiger partial charge in [0.25, 0.3) is 5.91 Å². The molecule has 2 aromatic carbocycles. The molecule has 0 unspecified atom stereocenters. The fourth-order valence-corrected chi connectivity index (χ4v) is 2.09. The number of amides is 1. The van der Waals surface area contributed by atoms with Gasteiger partial charge >= 0.3 is 0 Å². The molecule has 104 valence electrons. The number of carbonyl (C=O) groups is 1. The average Bonchev–Trinajstić information content (AvgIpc) is 2.49. The maximum Gasteiger partial charge on any atom is 0.265 e. The Balaban J connectivity index is 1.93. The van der Waals surface area contributed by atoms with Crippen molar-refractivity contribution in [2.45, 2.75) is 17.9 Å². The molecule has 0 heterocycles. The van der Waals surface area contributed by atoms with Gasteiger partial charge in [-0.05, 0) is 49.6 Å². The zero-order chi connectivity index (χ0) is 14.4. The molecule has 1 atom stereocenters. The third-order valence-electron chi connectivity index (χ3n) is 2.78. The van der Waals surface area contributed by atoms with Gasteiger partial charge in [-0.1, -0.05) is 18.2 Å². The minimum Gasteiger partial charge on any atom is -0.481 e. The van der Waals surface area contributed by atoms with Gasteiger partial charge in [0.05, 0.1) is 0 Å². The highest BCUT2D eigenvalue weighted by Crippen LogP contribution is 2.20. The van der Waals surface area contributed by atoms with E-state index < -0.39 is 6.10 Å². The van der Waals surface area contributed by atoms with Gasteiger partial charge in [0, 0.05) is 10.6 Å². The van der Waals surface area contributed by atoms with Crippen LogP contribution in [0.4, 0.5) is 5.69 Å². The molecular formula is C16H17NO2S. The van der Waals surface area contributed by atoms with Crippen LogP contribution in [-0.4, -0.2) is 18.3 Å². The Kier molecular flexibility index (Phi) is 5.07. The van der Waals surface area contributed by atoms with E-state index in [0.29, 0.717) is 5.75 Å². The predicted octanol–water partition coefficient (Wildman–Crippen LogP) is 3.81. The largest absolute Gasteiger partial charge is 0.481 e. The molecule has 0 bridgehead atoms. The summed E-state index contributed by atoms with van der Waals surface area (Å²) in [6.07, 6.45) is 1.47. The number of hydrogen-bond acceptors (Lipinski definition) is 3. The first-order valence-electron chi connectivity index (χ1n) is 6.35. The minimum absolute atomic E-state index is 0.162. The summed E-state index contributed by atoms with van der Waals surface area (Å²) in [7, 11) is 0. The molecule has 0 saturated carbocycles. The number of carbonyl (C=O) groups excluding carboxylic acids is 1. The van der Waals surface area contributed by atoms with Crippen molar-refractivity contribution in [1.82, 2.24) is 0 Å². The highest BCUT2D eigenvalue weighted by atomic mass is 32.2. The first-order valence-corrected chi connectivity index (χ1v) is 7.58. The summed E-state index contributed by atoms with van der Waals surface area (Å²) in [4.78, 5) is 13.2. The molecule has 0 spiro atoms. The summed E-state index contributed by atoms with van der Waals surface area (Å²) in [5, 5.41) is 2.82. The lowest BCUT2D eigenvalue weighted by Gasteiger charge is -2.15. The van der Waals surface area contributed by atoms with Crippen molar-refractivity contribution in [2.75, 3.05) is 11.6 Å². The molecule has 20 heavy (non-hydrogen) atoms. The van der Waals surface area contributed by atoms with Gasteiger partial charge < -0.3 is 10.1 Å². The number of ether oxygens (including phenoxy) is 1. The molecule has 3 nitrogen and oxygen atoms in total. The topological polar surface area (TPSA) is 38.3 Å². The van der Waals surface area contributed by atoms with E-state index in [1.165, 1.54) is 4.90 Å². The molecule has 1 N–H and O–H groups in total. The smallest absolute Gasteiger partial charge is 0.265 e. The van der Waals surface area contributed by atoms with Crippen LogP contribution in [0.2, 0.25) is 0 Å². The van der Waals surface area contributed by atoms with Gasteiger partial charge in [-0.15, -0.1) is 11.8 Å². The molecule has 0 aliphatic rings. The Bertz CT molecular complexity index is 554. The van der Waals surface area contributed by atoms with Gasteiger partial charge in [0.2, 0.25) is 0 Å². The first kappa shape index (κ1) is 14.5. The van der Waals surface area contributed by atoms with Crippen LogP contribution in [0.5, 0.6) is 5.75 Å². The second-order valence-electron chi connectivity index (χ2n) is 4.29. The van der Waals surface area contributed by atoms with E-state index in [2.05, 4.69) is 5.32 Å². The van der Waals surface area contributed by atoms with Crippen molar-refractivity contribution < 1.29 is 9.53 Å². The molecular weight excluding hydrogens is 270 g/mol. The van der Waals surface area contributed by atoms with Crippen LogP contribution in [0.15, 0.2) is 59.5 Å². The number of anilines is 1. The van der Waals surface area contributed by atoms with Crippen LogP contribution in [0.3, 0.4) is 0 Å². The standard InChI is InChI=1S/C16H17NO2S/c1-12(16(18)17-13-6-4-3-5-7-13)19-14-8-10-15(20-2)11-9-14/h3-12H,1-2H3,(H,17,18)/t12-/m0/s1. The first-order chi connectivity index (χ1) is 9.69. The second kappa shape index (κ2) is 7.01. The van der Waals surface area contributed by atoms with Gasteiger partial charge in [0.15, 0.2) is 6.10 Å². The second-order valence-corrected chi connectivity index (χ2v) is 5.17. The molecule has 1 amide bonds. The van der Waals surface area contributed by atoms with Gasteiger partial charge in [-0.25, -0.2) is 0 Å². The summed E-state index contributed by atoms with van der Waals surface area (Å²) >= 11 is 1.67. The third kappa shape index (κ3) is 4.03. The van der Waals surface area contributed by atoms with E-state index in [-0.39, 0.29) is 5.91 Å². The van der Waals surface area contributed by atoms with Crippen molar-refractivity contribution in [2.24, 2.45) is 0 Å². The van der Waals surface area contributed by atoms with Crippen molar-refractivity contribution in [3.63, 3.8) is 0 Å². The van der Waals surface area contributed by atoms with Crippen LogP contribution in [-0.2, 0) is 4.79 Å². The Labute approximate surface area is 123 Å². The third-order valence-corrected chi connectivity index (χ3v) is 3.53. The Morgan fingerprint density at radius 2 is 1.75 bits per heavy atom. The molecule has 0 saturated heterocycles. The fourth-order valence-electron chi connectivity index (χ4n) is 1.68. The summed E-state index contributed by atoms with van der Waals surface area (Å²) in [5.41, 5.74) is 0.769. The molecule has 0 radical (unpaired) electrons. The lowest BCUT2D eigenvalue weighted by atomic mass is 10.3. The fraction of sp³-hybridized carbons (Fsp3) is 0.188. The SMILES string of the molecule is CSc1ccc(O[C@@H](C)C(=O)Nc2ccccc2)cc1. The quantitative estimate of drug-likeness (QED) is 0.850. The molecule has 2 rings (SSSR count). The summed E-state index contributed by atoms with van der Waals surface area (Å²) < 4.78 is 5.63. The number of thioether (sulfide) groups is 1. The summed E-state index contributed by atoms with van der Waals surface area (Å²) in [6, 6.07) is 17.0. The maximum absolute atomic E-state index is 12.0. The van der Waals surface area contributed by atoms with E-state index in [1.807, 2.05) is 60.9 Å². The van der Waals surface area contributed by atoms with Crippen molar-refractivity contribution >= 4 is 23.4 Å². The number of para-hydroxylation sites is 1. The number of hydrogen-bond donors (Lipinski definition) is 1. The number of rotatable bonds is 5. The van der Waals surface area contributed by atoms with E-state index in [9.17, 15) is 4.79 Å². The van der Waals surface area contributed by atoms with Crippen LogP contribution in [0.1, 0.15) is 6.92 Å². The highest BCUT2D eigenvalue weighted by Gasteiger charge is 2.14. The maximum atomic E-state index is 12.0. The normalized spacial score (nSPS) is 11.7. The predicted molar refractivity (Wildman–Crippen MR) is 83.4 cm³/mol. The van der Waals surface area contributed by atoms with E-state index in [4.69, 9.17) is 4.74 Å². The van der Waals surface area contributed by atoms with Crippen molar-refractivity contribution in [3.8, 4) is 5.75 Å². The van der Waals surface area contributed by atoms with Crippen LogP contribution < -0.4 is 10.1 Å². The van der Waals surface area contributed by atoms with Crippen molar-refractivity contribution in [1.29, 1.82) is 0 Å². The lowest BCUT2D eigenvalue weighted by Crippen LogP contribution is -2.30. The van der Waals surface area contributed by atoms with E-state index >= 15 is 0 Å². The van der Waals surface area contributed by atoms with Gasteiger partial charge in [-0.3, -0.25) is 4.79 Å². The van der Waals surface area contributed by atoms with Gasteiger partial charge in [0.1, 0.15) is 5.75 Å². The van der Waals surface area contributed by atoms with Crippen molar-refractivity contribution in [3.05, 3.63) is 54.6 Å². The molecule has 0 aromatic heterocycles. The zero-order valence-electron chi connectivity index (χ0n) is 11.5. The monoisotopic (exact) mass is 287 g/mol. The minimum atomic E-state index is -0.546. The molecule has 4 heteroatoms. The Morgan fingerprint density at radius 1 is 1.10 bits per heavy atom. The zero-order valence-corrected chi connectivity index (χ0v) is 12.3. The average molecular weight is 287 g/mol. The number of nitrogens with one attached hydrogen (secondary N) is 1. The summed E-state index contributed by atoms with van der Waals surface area (Å²) in [6.45, 7) is 1.74. The van der Waals surface area contributed by atoms with E-state index in [1.54, 1.807) is 18.7 Å². The van der Waals surface area contributed by atoms with E-state index in [0.717, 1.165) is 5.69 Å². The molecule has 2 aromatic rings. The Morgan fingerprint density at radius 3 is 2.35 bits per heavy atom. The number of benzene rings is 2. The van der Waals surface area contributed by atoms with Gasteiger partial charge in [-0.2, -0.15) is 0 Å².